The molecule has 1 aliphatic rings. The summed E-state index contributed by atoms with van der Waals surface area (Å²) in [5.41, 5.74) is 1.89. The number of halogens is 1. The van der Waals surface area contributed by atoms with Crippen LogP contribution in [0.5, 0.6) is 0 Å². The van der Waals surface area contributed by atoms with Gasteiger partial charge in [-0.1, -0.05) is 6.42 Å². The van der Waals surface area contributed by atoms with Crippen LogP contribution in [0.3, 0.4) is 0 Å². The molecule has 0 spiro atoms. The van der Waals surface area contributed by atoms with E-state index < -0.39 is 0 Å². The molecular weight excluding hydrogens is 271 g/mol. The van der Waals surface area contributed by atoms with E-state index in [9.17, 15) is 9.18 Å². The molecule has 112 valence electrons. The van der Waals surface area contributed by atoms with Crippen LogP contribution in [0.15, 0.2) is 24.4 Å². The number of fused-ring (bicyclic) bond motifs is 1. The molecule has 1 aromatic heterocycles. The molecule has 5 heteroatoms. The van der Waals surface area contributed by atoms with Crippen molar-refractivity contribution in [2.45, 2.75) is 25.7 Å². The molecule has 1 aliphatic carbocycles. The van der Waals surface area contributed by atoms with Gasteiger partial charge in [-0.15, -0.1) is 0 Å². The minimum atomic E-state index is -0.368. The summed E-state index contributed by atoms with van der Waals surface area (Å²) >= 11 is 0. The maximum Gasteiger partial charge on any atom is 0.407 e. The summed E-state index contributed by atoms with van der Waals surface area (Å²) in [6.07, 6.45) is 5.69. The summed E-state index contributed by atoms with van der Waals surface area (Å²) < 4.78 is 18.4. The van der Waals surface area contributed by atoms with E-state index >= 15 is 0 Å². The monoisotopic (exact) mass is 290 g/mol. The van der Waals surface area contributed by atoms with Gasteiger partial charge in [-0.25, -0.2) is 9.18 Å². The molecule has 1 aromatic carbocycles. The third-order valence-corrected chi connectivity index (χ3v) is 4.07. The topological polar surface area (TPSA) is 54.1 Å². The van der Waals surface area contributed by atoms with Crippen LogP contribution in [-0.2, 0) is 11.2 Å². The fourth-order valence-electron chi connectivity index (χ4n) is 2.56. The SMILES string of the molecule is O=C(NCCc1c[nH]c2ccc(F)cc12)OCC1CCC1. The molecular formula is C16H19FN2O2. The van der Waals surface area contributed by atoms with Crippen molar-refractivity contribution in [2.75, 3.05) is 13.2 Å². The summed E-state index contributed by atoms with van der Waals surface area (Å²) in [6, 6.07) is 4.66. The van der Waals surface area contributed by atoms with Crippen molar-refractivity contribution in [3.63, 3.8) is 0 Å². The molecule has 4 nitrogen and oxygen atoms in total. The molecule has 0 radical (unpaired) electrons. The summed E-state index contributed by atoms with van der Waals surface area (Å²) in [5, 5.41) is 3.60. The molecule has 3 rings (SSSR count). The van der Waals surface area contributed by atoms with Gasteiger partial charge in [0, 0.05) is 23.6 Å². The molecule has 0 saturated heterocycles. The van der Waals surface area contributed by atoms with Gasteiger partial charge in [0.2, 0.25) is 0 Å². The summed E-state index contributed by atoms with van der Waals surface area (Å²) in [6.45, 7) is 0.997. The van der Waals surface area contributed by atoms with Gasteiger partial charge in [-0.05, 0) is 48.9 Å². The number of benzene rings is 1. The van der Waals surface area contributed by atoms with Crippen molar-refractivity contribution in [1.29, 1.82) is 0 Å². The first-order chi connectivity index (χ1) is 10.2. The van der Waals surface area contributed by atoms with Gasteiger partial charge in [0.05, 0.1) is 6.61 Å². The fourth-order valence-corrected chi connectivity index (χ4v) is 2.56. The first-order valence-corrected chi connectivity index (χ1v) is 7.38. The lowest BCUT2D eigenvalue weighted by molar-refractivity contribution is 0.104. The van der Waals surface area contributed by atoms with Crippen molar-refractivity contribution < 1.29 is 13.9 Å². The Morgan fingerprint density at radius 1 is 1.43 bits per heavy atom. The standard InChI is InChI=1S/C16H19FN2O2/c17-13-4-5-15-14(8-13)12(9-19-15)6-7-18-16(20)21-10-11-2-1-3-11/h4-5,8-9,11,19H,1-3,6-7,10H2,(H,18,20). The summed E-state index contributed by atoms with van der Waals surface area (Å²) in [4.78, 5) is 14.6. The van der Waals surface area contributed by atoms with Crippen molar-refractivity contribution in [3.8, 4) is 0 Å². The fraction of sp³-hybridized carbons (Fsp3) is 0.438. The third-order valence-electron chi connectivity index (χ3n) is 4.07. The molecule has 21 heavy (non-hydrogen) atoms. The van der Waals surface area contributed by atoms with Crippen molar-refractivity contribution in [2.24, 2.45) is 5.92 Å². The van der Waals surface area contributed by atoms with E-state index in [1.165, 1.54) is 18.6 Å². The Morgan fingerprint density at radius 3 is 3.05 bits per heavy atom. The van der Waals surface area contributed by atoms with Crippen LogP contribution in [0.2, 0.25) is 0 Å². The Labute approximate surface area is 122 Å². The number of aromatic amines is 1. The van der Waals surface area contributed by atoms with Gasteiger partial charge in [0.1, 0.15) is 5.82 Å². The quantitative estimate of drug-likeness (QED) is 0.887. The number of carbonyl (C=O) groups is 1. The van der Waals surface area contributed by atoms with Crippen molar-refractivity contribution in [3.05, 3.63) is 35.8 Å². The number of H-pyrrole nitrogens is 1. The van der Waals surface area contributed by atoms with Gasteiger partial charge < -0.3 is 15.0 Å². The zero-order chi connectivity index (χ0) is 14.7. The minimum absolute atomic E-state index is 0.254. The molecule has 0 bridgehead atoms. The van der Waals surface area contributed by atoms with E-state index in [-0.39, 0.29) is 11.9 Å². The van der Waals surface area contributed by atoms with E-state index in [4.69, 9.17) is 4.74 Å². The average Bonchev–Trinajstić information content (AvgIpc) is 2.80. The largest absolute Gasteiger partial charge is 0.449 e. The summed E-state index contributed by atoms with van der Waals surface area (Å²) in [5.74, 6) is 0.295. The van der Waals surface area contributed by atoms with Crippen LogP contribution in [0.25, 0.3) is 10.9 Å². The number of amides is 1. The number of hydrogen-bond acceptors (Lipinski definition) is 2. The predicted molar refractivity (Wildman–Crippen MR) is 78.7 cm³/mol. The Kier molecular flexibility index (Phi) is 4.08. The van der Waals surface area contributed by atoms with Crippen LogP contribution in [0.4, 0.5) is 9.18 Å². The second-order valence-corrected chi connectivity index (χ2v) is 5.58. The lowest BCUT2D eigenvalue weighted by atomic mass is 9.86. The zero-order valence-corrected chi connectivity index (χ0v) is 11.8. The number of alkyl carbamates (subject to hydrolysis) is 1. The van der Waals surface area contributed by atoms with Gasteiger partial charge in [0.15, 0.2) is 0 Å². The Balaban J connectivity index is 1.47. The first kappa shape index (κ1) is 13.9. The Bertz CT molecular complexity index is 634. The number of aromatic nitrogens is 1. The van der Waals surface area contributed by atoms with Gasteiger partial charge in [0.25, 0.3) is 0 Å². The molecule has 2 aromatic rings. The normalized spacial score (nSPS) is 14.9. The van der Waals surface area contributed by atoms with E-state index in [1.54, 1.807) is 6.07 Å². The van der Waals surface area contributed by atoms with Gasteiger partial charge in [-0.2, -0.15) is 0 Å². The average molecular weight is 290 g/mol. The van der Waals surface area contributed by atoms with Crippen LogP contribution >= 0.6 is 0 Å². The highest BCUT2D eigenvalue weighted by molar-refractivity contribution is 5.83. The number of carbonyl (C=O) groups excluding carboxylic acids is 1. The molecule has 0 atom stereocenters. The Hall–Kier alpha value is -2.04. The highest BCUT2D eigenvalue weighted by Gasteiger charge is 2.18. The number of rotatable bonds is 5. The maximum absolute atomic E-state index is 13.3. The van der Waals surface area contributed by atoms with E-state index in [2.05, 4.69) is 10.3 Å². The van der Waals surface area contributed by atoms with E-state index in [0.717, 1.165) is 29.3 Å². The lowest BCUT2D eigenvalue weighted by Gasteiger charge is -2.24. The minimum Gasteiger partial charge on any atom is -0.449 e. The molecule has 1 amide bonds. The molecule has 0 aliphatic heterocycles. The molecule has 0 unspecified atom stereocenters. The zero-order valence-electron chi connectivity index (χ0n) is 11.8. The van der Waals surface area contributed by atoms with Crippen LogP contribution < -0.4 is 5.32 Å². The first-order valence-electron chi connectivity index (χ1n) is 7.38. The smallest absolute Gasteiger partial charge is 0.407 e. The third kappa shape index (κ3) is 3.35. The lowest BCUT2D eigenvalue weighted by Crippen LogP contribution is -2.29. The van der Waals surface area contributed by atoms with Gasteiger partial charge >= 0.3 is 6.09 Å². The summed E-state index contributed by atoms with van der Waals surface area (Å²) in [7, 11) is 0. The number of nitrogens with one attached hydrogen (secondary N) is 2. The molecule has 1 fully saturated rings. The molecule has 1 heterocycles. The van der Waals surface area contributed by atoms with Crippen molar-refractivity contribution >= 4 is 17.0 Å². The van der Waals surface area contributed by atoms with Crippen molar-refractivity contribution in [1.82, 2.24) is 10.3 Å². The van der Waals surface area contributed by atoms with Crippen LogP contribution in [-0.4, -0.2) is 24.2 Å². The predicted octanol–water partition coefficient (Wildman–Crippen LogP) is 3.38. The highest BCUT2D eigenvalue weighted by atomic mass is 19.1. The molecule has 1 saturated carbocycles. The van der Waals surface area contributed by atoms with E-state index in [1.807, 2.05) is 6.20 Å². The number of hydrogen-bond donors (Lipinski definition) is 2. The van der Waals surface area contributed by atoms with Gasteiger partial charge in [-0.3, -0.25) is 0 Å². The Morgan fingerprint density at radius 2 is 2.29 bits per heavy atom. The van der Waals surface area contributed by atoms with Crippen LogP contribution in [0.1, 0.15) is 24.8 Å². The second kappa shape index (κ2) is 6.16. The number of ether oxygens (including phenoxy) is 1. The highest BCUT2D eigenvalue weighted by Crippen LogP contribution is 2.26. The molecule has 2 N–H and O–H groups in total. The maximum atomic E-state index is 13.3. The van der Waals surface area contributed by atoms with E-state index in [0.29, 0.717) is 25.5 Å². The second-order valence-electron chi connectivity index (χ2n) is 5.58. The van der Waals surface area contributed by atoms with Crippen LogP contribution in [0, 0.1) is 11.7 Å².